The van der Waals surface area contributed by atoms with Crippen LogP contribution < -0.4 is 5.32 Å². The van der Waals surface area contributed by atoms with Gasteiger partial charge in [-0.1, -0.05) is 12.1 Å². The molecule has 116 valence electrons. The Morgan fingerprint density at radius 2 is 2.24 bits per heavy atom. The number of hydrogen-bond donors (Lipinski definition) is 1. The highest BCUT2D eigenvalue weighted by molar-refractivity contribution is 7.09. The monoisotopic (exact) mass is 308 g/mol. The maximum Gasteiger partial charge on any atom is 0.243 e. The maximum atomic E-state index is 11.6. The van der Waals surface area contributed by atoms with E-state index < -0.39 is 0 Å². The van der Waals surface area contributed by atoms with Crippen LogP contribution in [0.3, 0.4) is 0 Å². The van der Waals surface area contributed by atoms with Gasteiger partial charge < -0.3 is 15.1 Å². The van der Waals surface area contributed by atoms with E-state index in [0.717, 1.165) is 18.9 Å². The first-order valence-corrected chi connectivity index (χ1v) is 7.75. The van der Waals surface area contributed by atoms with Crippen molar-refractivity contribution in [3.05, 3.63) is 35.0 Å². The number of rotatable bonds is 7. The molecule has 0 aromatic carbocycles. The molecule has 1 amide bonds. The lowest BCUT2D eigenvalue weighted by Crippen LogP contribution is -2.41. The number of carbonyl (C=O) groups excluding carboxylic acids is 1. The van der Waals surface area contributed by atoms with Crippen molar-refractivity contribution in [1.29, 1.82) is 0 Å². The van der Waals surface area contributed by atoms with Crippen molar-refractivity contribution in [2.75, 3.05) is 40.8 Å². The lowest BCUT2D eigenvalue weighted by molar-refractivity contribution is -0.127. The second-order valence-corrected chi connectivity index (χ2v) is 5.88. The summed E-state index contributed by atoms with van der Waals surface area (Å²) >= 11 is 1.75. The zero-order chi connectivity index (χ0) is 15.7. The minimum atomic E-state index is -0.0143. The van der Waals surface area contributed by atoms with Gasteiger partial charge in [-0.05, 0) is 17.9 Å². The normalized spacial score (nSPS) is 11.1. The third-order valence-corrected chi connectivity index (χ3v) is 3.84. The molecule has 0 aliphatic rings. The van der Waals surface area contributed by atoms with Gasteiger partial charge in [-0.2, -0.15) is 0 Å². The maximum absolute atomic E-state index is 11.6. The fourth-order valence-electron chi connectivity index (χ4n) is 1.60. The summed E-state index contributed by atoms with van der Waals surface area (Å²) in [6.07, 6.45) is 2.74. The van der Waals surface area contributed by atoms with Crippen LogP contribution in [0.4, 0.5) is 0 Å². The van der Waals surface area contributed by atoms with Crippen molar-refractivity contribution in [3.63, 3.8) is 0 Å². The van der Waals surface area contributed by atoms with Gasteiger partial charge in [0.2, 0.25) is 5.91 Å². The Morgan fingerprint density at radius 1 is 1.48 bits per heavy atom. The van der Waals surface area contributed by atoms with Crippen molar-refractivity contribution in [2.24, 2.45) is 4.99 Å². The molecule has 1 rings (SSSR count). The largest absolute Gasteiger partial charge is 0.353 e. The first-order valence-electron chi connectivity index (χ1n) is 6.87. The molecule has 1 aromatic heterocycles. The van der Waals surface area contributed by atoms with Gasteiger partial charge in [0.05, 0.1) is 0 Å². The van der Waals surface area contributed by atoms with Crippen molar-refractivity contribution in [2.45, 2.75) is 6.42 Å². The molecule has 1 aromatic rings. The highest BCUT2D eigenvalue weighted by atomic mass is 32.1. The summed E-state index contributed by atoms with van der Waals surface area (Å²) in [5.74, 6) is 0.709. The molecule has 0 atom stereocenters. The number of amides is 1. The first kappa shape index (κ1) is 17.2. The van der Waals surface area contributed by atoms with Gasteiger partial charge in [0.15, 0.2) is 5.96 Å². The van der Waals surface area contributed by atoms with Gasteiger partial charge in [0.1, 0.15) is 6.54 Å². The first-order chi connectivity index (χ1) is 10.0. The molecule has 0 spiro atoms. The fraction of sp³-hybridized carbons (Fsp3) is 0.467. The molecule has 6 heteroatoms. The van der Waals surface area contributed by atoms with Gasteiger partial charge >= 0.3 is 0 Å². The molecule has 1 heterocycles. The van der Waals surface area contributed by atoms with Crippen LogP contribution in [0.5, 0.6) is 0 Å². The molecule has 0 saturated heterocycles. The Labute approximate surface area is 131 Å². The topological polar surface area (TPSA) is 47.9 Å². The number of nitrogens with one attached hydrogen (secondary N) is 1. The molecule has 5 nitrogen and oxygen atoms in total. The van der Waals surface area contributed by atoms with E-state index in [0.29, 0.717) is 6.54 Å². The van der Waals surface area contributed by atoms with Crippen LogP contribution in [0.1, 0.15) is 4.88 Å². The average Bonchev–Trinajstić information content (AvgIpc) is 2.97. The minimum absolute atomic E-state index is 0.0143. The standard InChI is InChI=1S/C15H24N4OS/c1-5-9-16-15(17-12-14(20)18(2)3)19(4)10-8-13-7-6-11-21-13/h5-7,11H,1,8-10,12H2,2-4H3,(H,16,17). The predicted molar refractivity (Wildman–Crippen MR) is 89.8 cm³/mol. The van der Waals surface area contributed by atoms with Crippen LogP contribution in [0.15, 0.2) is 35.2 Å². The second kappa shape index (κ2) is 9.18. The number of aliphatic imine (C=N–C) groups is 1. The summed E-state index contributed by atoms with van der Waals surface area (Å²) in [5.41, 5.74) is 0. The molecule has 0 saturated carbocycles. The highest BCUT2D eigenvalue weighted by Gasteiger charge is 2.08. The number of guanidine groups is 1. The summed E-state index contributed by atoms with van der Waals surface area (Å²) in [7, 11) is 5.44. The van der Waals surface area contributed by atoms with Crippen LogP contribution in [0, 0.1) is 0 Å². The summed E-state index contributed by atoms with van der Waals surface area (Å²) in [4.78, 5) is 20.9. The van der Waals surface area contributed by atoms with E-state index in [1.54, 1.807) is 36.4 Å². The Morgan fingerprint density at radius 3 is 2.81 bits per heavy atom. The van der Waals surface area contributed by atoms with E-state index in [1.807, 2.05) is 11.9 Å². The number of hydrogen-bond acceptors (Lipinski definition) is 3. The third-order valence-electron chi connectivity index (χ3n) is 2.90. The number of likely N-dealkylation sites (N-methyl/N-ethyl adjacent to an activating group) is 2. The van der Waals surface area contributed by atoms with Crippen molar-refractivity contribution < 1.29 is 4.79 Å². The van der Waals surface area contributed by atoms with Gasteiger partial charge in [-0.25, -0.2) is 4.99 Å². The average molecular weight is 308 g/mol. The van der Waals surface area contributed by atoms with Gasteiger partial charge in [0, 0.05) is 39.1 Å². The van der Waals surface area contributed by atoms with Crippen LogP contribution in [0.2, 0.25) is 0 Å². The SMILES string of the molecule is C=CCNC(=NCC(=O)N(C)C)N(C)CCc1cccs1. The third kappa shape index (κ3) is 6.44. The van der Waals surface area contributed by atoms with Crippen molar-refractivity contribution in [3.8, 4) is 0 Å². The summed E-state index contributed by atoms with van der Waals surface area (Å²) in [5, 5.41) is 5.26. The molecule has 21 heavy (non-hydrogen) atoms. The number of thiophene rings is 1. The molecular weight excluding hydrogens is 284 g/mol. The lowest BCUT2D eigenvalue weighted by atomic mass is 10.3. The van der Waals surface area contributed by atoms with E-state index in [-0.39, 0.29) is 12.5 Å². The Kier molecular flexibility index (Phi) is 7.53. The van der Waals surface area contributed by atoms with E-state index in [9.17, 15) is 4.79 Å². The smallest absolute Gasteiger partial charge is 0.243 e. The molecule has 0 fully saturated rings. The van der Waals surface area contributed by atoms with Crippen molar-refractivity contribution >= 4 is 23.2 Å². The van der Waals surface area contributed by atoms with E-state index in [1.165, 1.54) is 4.88 Å². The molecule has 0 radical (unpaired) electrons. The number of carbonyl (C=O) groups is 1. The van der Waals surface area contributed by atoms with Crippen molar-refractivity contribution in [1.82, 2.24) is 15.1 Å². The lowest BCUT2D eigenvalue weighted by Gasteiger charge is -2.22. The Balaban J connectivity index is 2.59. The van der Waals surface area contributed by atoms with Gasteiger partial charge in [0.25, 0.3) is 0 Å². The molecule has 0 bridgehead atoms. The minimum Gasteiger partial charge on any atom is -0.353 e. The molecule has 1 N–H and O–H groups in total. The van der Waals surface area contributed by atoms with Crippen LogP contribution in [-0.4, -0.2) is 62.4 Å². The summed E-state index contributed by atoms with van der Waals surface area (Å²) in [6, 6.07) is 4.18. The highest BCUT2D eigenvalue weighted by Crippen LogP contribution is 2.09. The van der Waals surface area contributed by atoms with Gasteiger partial charge in [-0.3, -0.25) is 4.79 Å². The van der Waals surface area contributed by atoms with Crippen LogP contribution in [0.25, 0.3) is 0 Å². The van der Waals surface area contributed by atoms with E-state index in [2.05, 4.69) is 34.4 Å². The number of nitrogens with zero attached hydrogens (tertiary/aromatic N) is 3. The molecule has 0 aliphatic heterocycles. The zero-order valence-electron chi connectivity index (χ0n) is 13.0. The summed E-state index contributed by atoms with van der Waals surface area (Å²) < 4.78 is 0. The Hall–Kier alpha value is -1.82. The fourth-order valence-corrected chi connectivity index (χ4v) is 2.30. The van der Waals surface area contributed by atoms with E-state index >= 15 is 0 Å². The van der Waals surface area contributed by atoms with Crippen LogP contribution in [-0.2, 0) is 11.2 Å². The van der Waals surface area contributed by atoms with E-state index in [4.69, 9.17) is 0 Å². The second-order valence-electron chi connectivity index (χ2n) is 4.85. The van der Waals surface area contributed by atoms with Crippen LogP contribution >= 0.6 is 11.3 Å². The predicted octanol–water partition coefficient (Wildman–Crippen LogP) is 1.44. The quantitative estimate of drug-likeness (QED) is 0.471. The molecule has 0 unspecified atom stereocenters. The summed E-state index contributed by atoms with van der Waals surface area (Å²) in [6.45, 7) is 5.31. The molecule has 0 aliphatic carbocycles. The zero-order valence-corrected chi connectivity index (χ0v) is 13.8. The van der Waals surface area contributed by atoms with Gasteiger partial charge in [-0.15, -0.1) is 17.9 Å². The molecular formula is C15H24N4OS. The Bertz CT molecular complexity index is 468.